The van der Waals surface area contributed by atoms with Crippen LogP contribution in [0, 0.1) is 6.92 Å². The molecule has 8 heteroatoms. The van der Waals surface area contributed by atoms with Gasteiger partial charge in [0.2, 0.25) is 0 Å². The fourth-order valence-electron chi connectivity index (χ4n) is 4.44. The van der Waals surface area contributed by atoms with E-state index < -0.39 is 5.67 Å². The summed E-state index contributed by atoms with van der Waals surface area (Å²) >= 11 is 0. The van der Waals surface area contributed by atoms with E-state index in [-0.39, 0.29) is 11.8 Å². The second-order valence-electron chi connectivity index (χ2n) is 8.94. The number of aryl methyl sites for hydroxylation is 1. The highest BCUT2D eigenvalue weighted by Gasteiger charge is 2.35. The fourth-order valence-corrected chi connectivity index (χ4v) is 4.44. The Bertz CT molecular complexity index is 1110. The van der Waals surface area contributed by atoms with Crippen LogP contribution in [0.1, 0.15) is 52.5 Å². The quantitative estimate of drug-likeness (QED) is 0.650. The number of alkyl halides is 1. The number of pyridine rings is 1. The molecule has 0 atom stereocenters. The van der Waals surface area contributed by atoms with Crippen LogP contribution in [0.3, 0.4) is 0 Å². The molecular weight excluding hydrogens is 435 g/mol. The van der Waals surface area contributed by atoms with Gasteiger partial charge in [0, 0.05) is 37.6 Å². The maximum atomic E-state index is 14.5. The predicted molar refractivity (Wildman–Crippen MR) is 129 cm³/mol. The predicted octanol–water partition coefficient (Wildman–Crippen LogP) is 4.49. The largest absolute Gasteiger partial charge is 0.488 e. The third kappa shape index (κ3) is 4.49. The minimum atomic E-state index is -1.17. The van der Waals surface area contributed by atoms with E-state index in [0.717, 1.165) is 11.3 Å². The topological polar surface area (TPSA) is 66.0 Å². The van der Waals surface area contributed by atoms with E-state index in [1.807, 2.05) is 30.9 Å². The van der Waals surface area contributed by atoms with Crippen LogP contribution < -0.4 is 9.64 Å². The Labute approximate surface area is 199 Å². The van der Waals surface area contributed by atoms with Crippen molar-refractivity contribution in [2.24, 2.45) is 0 Å². The van der Waals surface area contributed by atoms with Gasteiger partial charge in [0.05, 0.1) is 12.1 Å². The number of fused-ring (bicyclic) bond motifs is 1. The zero-order valence-electron chi connectivity index (χ0n) is 20.0. The molecule has 34 heavy (non-hydrogen) atoms. The number of carbonyl (C=O) groups excluding carboxylic acids is 2. The van der Waals surface area contributed by atoms with Gasteiger partial charge in [-0.3, -0.25) is 9.59 Å². The minimum Gasteiger partial charge on any atom is -0.488 e. The standard InChI is InChI=1S/C26H31FN4O3/c1-5-26(27)9-11-30(12-10-26)24(32)19-16-22-23(28-17-19)31(13-14-34-22)20-7-8-21(18(3)15-20)25(33)29(4)6-2/h6-8,15-17H,2,5,9-14H2,1,3-4H3. The molecule has 180 valence electrons. The maximum absolute atomic E-state index is 14.5. The second kappa shape index (κ2) is 9.44. The van der Waals surface area contributed by atoms with Gasteiger partial charge in [0.25, 0.3) is 11.8 Å². The van der Waals surface area contributed by atoms with Crippen molar-refractivity contribution >= 4 is 23.3 Å². The number of halogens is 1. The van der Waals surface area contributed by atoms with Gasteiger partial charge in [-0.1, -0.05) is 13.5 Å². The van der Waals surface area contributed by atoms with E-state index in [2.05, 4.69) is 11.6 Å². The van der Waals surface area contributed by atoms with E-state index in [1.165, 1.54) is 11.1 Å². The van der Waals surface area contributed by atoms with Crippen LogP contribution in [0.2, 0.25) is 0 Å². The summed E-state index contributed by atoms with van der Waals surface area (Å²) in [7, 11) is 1.67. The van der Waals surface area contributed by atoms with Gasteiger partial charge in [-0.2, -0.15) is 0 Å². The van der Waals surface area contributed by atoms with Crippen molar-refractivity contribution in [3.63, 3.8) is 0 Å². The number of aromatic nitrogens is 1. The summed E-state index contributed by atoms with van der Waals surface area (Å²) in [5.74, 6) is 0.882. The number of hydrogen-bond donors (Lipinski definition) is 0. The summed E-state index contributed by atoms with van der Waals surface area (Å²) in [5.41, 5.74) is 1.61. The lowest BCUT2D eigenvalue weighted by molar-refractivity contribution is 0.0419. The zero-order valence-corrected chi connectivity index (χ0v) is 20.0. The minimum absolute atomic E-state index is 0.121. The smallest absolute Gasteiger partial charge is 0.257 e. The molecular formula is C26H31FN4O3. The average molecular weight is 467 g/mol. The van der Waals surface area contributed by atoms with Crippen LogP contribution in [-0.4, -0.2) is 65.6 Å². The number of piperidine rings is 1. The van der Waals surface area contributed by atoms with Crippen LogP contribution in [0.25, 0.3) is 0 Å². The van der Waals surface area contributed by atoms with Crippen LogP contribution in [0.4, 0.5) is 15.9 Å². The summed E-state index contributed by atoms with van der Waals surface area (Å²) in [6.07, 6.45) is 4.23. The van der Waals surface area contributed by atoms with Crippen molar-refractivity contribution in [2.75, 3.05) is 38.2 Å². The van der Waals surface area contributed by atoms with Crippen molar-refractivity contribution in [1.82, 2.24) is 14.8 Å². The Hall–Kier alpha value is -3.42. The molecule has 3 heterocycles. The van der Waals surface area contributed by atoms with E-state index in [9.17, 15) is 14.0 Å². The molecule has 2 aliphatic rings. The number of ether oxygens (including phenoxy) is 1. The lowest BCUT2D eigenvalue weighted by Gasteiger charge is -2.36. The Balaban J connectivity index is 1.55. The molecule has 1 fully saturated rings. The highest BCUT2D eigenvalue weighted by molar-refractivity contribution is 5.97. The zero-order chi connectivity index (χ0) is 24.5. The molecule has 1 aromatic carbocycles. The summed E-state index contributed by atoms with van der Waals surface area (Å²) in [6, 6.07) is 7.36. The van der Waals surface area contributed by atoms with E-state index in [1.54, 1.807) is 30.3 Å². The number of amides is 2. The van der Waals surface area contributed by atoms with Gasteiger partial charge < -0.3 is 19.4 Å². The Morgan fingerprint density at radius 2 is 2.00 bits per heavy atom. The Morgan fingerprint density at radius 3 is 2.65 bits per heavy atom. The molecule has 0 unspecified atom stereocenters. The van der Waals surface area contributed by atoms with Gasteiger partial charge >= 0.3 is 0 Å². The summed E-state index contributed by atoms with van der Waals surface area (Å²) < 4.78 is 20.4. The van der Waals surface area contributed by atoms with Crippen molar-refractivity contribution in [3.8, 4) is 5.75 Å². The van der Waals surface area contributed by atoms with Gasteiger partial charge in [-0.25, -0.2) is 9.37 Å². The third-order valence-electron chi connectivity index (χ3n) is 6.83. The van der Waals surface area contributed by atoms with Gasteiger partial charge in [0.1, 0.15) is 12.3 Å². The van der Waals surface area contributed by atoms with E-state index >= 15 is 0 Å². The first-order chi connectivity index (χ1) is 16.3. The molecule has 4 rings (SSSR count). The van der Waals surface area contributed by atoms with Crippen LogP contribution in [-0.2, 0) is 0 Å². The van der Waals surface area contributed by atoms with Crippen molar-refractivity contribution in [3.05, 3.63) is 59.9 Å². The molecule has 7 nitrogen and oxygen atoms in total. The van der Waals surface area contributed by atoms with Crippen molar-refractivity contribution in [2.45, 2.75) is 38.8 Å². The molecule has 0 saturated carbocycles. The highest BCUT2D eigenvalue weighted by Crippen LogP contribution is 2.37. The average Bonchev–Trinajstić information content (AvgIpc) is 2.87. The number of hydrogen-bond acceptors (Lipinski definition) is 5. The normalized spacial score (nSPS) is 16.9. The highest BCUT2D eigenvalue weighted by atomic mass is 19.1. The molecule has 0 N–H and O–H groups in total. The molecule has 2 aromatic rings. The molecule has 1 saturated heterocycles. The maximum Gasteiger partial charge on any atom is 0.257 e. The van der Waals surface area contributed by atoms with Crippen molar-refractivity contribution in [1.29, 1.82) is 0 Å². The van der Waals surface area contributed by atoms with Gasteiger partial charge in [0.15, 0.2) is 11.6 Å². The number of likely N-dealkylation sites (tertiary alicyclic amines) is 1. The lowest BCUT2D eigenvalue weighted by atomic mass is 9.90. The van der Waals surface area contributed by atoms with Crippen LogP contribution in [0.15, 0.2) is 43.2 Å². The van der Waals surface area contributed by atoms with E-state index in [0.29, 0.717) is 68.2 Å². The first-order valence-corrected chi connectivity index (χ1v) is 11.7. The monoisotopic (exact) mass is 466 g/mol. The summed E-state index contributed by atoms with van der Waals surface area (Å²) in [4.78, 5) is 35.2. The molecule has 0 aliphatic carbocycles. The first kappa shape index (κ1) is 23.7. The molecule has 0 spiro atoms. The van der Waals surface area contributed by atoms with Crippen LogP contribution >= 0.6 is 0 Å². The number of rotatable bonds is 5. The lowest BCUT2D eigenvalue weighted by Crippen LogP contribution is -2.44. The van der Waals surface area contributed by atoms with Crippen molar-refractivity contribution < 1.29 is 18.7 Å². The number of carbonyl (C=O) groups is 2. The molecule has 2 aliphatic heterocycles. The summed E-state index contributed by atoms with van der Waals surface area (Å²) in [5, 5.41) is 0. The number of nitrogens with zero attached hydrogens (tertiary/aromatic N) is 4. The van der Waals surface area contributed by atoms with Crippen LogP contribution in [0.5, 0.6) is 5.75 Å². The fraction of sp³-hybridized carbons (Fsp3) is 0.423. The Kier molecular flexibility index (Phi) is 6.59. The third-order valence-corrected chi connectivity index (χ3v) is 6.83. The SMILES string of the molecule is C=CN(C)C(=O)c1ccc(N2CCOc3cc(C(=O)N4CCC(F)(CC)CC4)cnc32)cc1C. The molecule has 0 bridgehead atoms. The molecule has 1 aromatic heterocycles. The molecule has 0 radical (unpaired) electrons. The van der Waals surface area contributed by atoms with Gasteiger partial charge in [-0.05, 0) is 62.2 Å². The summed E-state index contributed by atoms with van der Waals surface area (Å²) in [6.45, 7) is 9.22. The molecule has 2 amide bonds. The van der Waals surface area contributed by atoms with Gasteiger partial charge in [-0.15, -0.1) is 0 Å². The second-order valence-corrected chi connectivity index (χ2v) is 8.94. The van der Waals surface area contributed by atoms with E-state index in [4.69, 9.17) is 4.74 Å². The number of benzene rings is 1. The first-order valence-electron chi connectivity index (χ1n) is 11.7. The Morgan fingerprint density at radius 1 is 1.26 bits per heavy atom. The number of anilines is 2.